The van der Waals surface area contributed by atoms with Crippen LogP contribution in [0.5, 0.6) is 0 Å². The third-order valence-electron chi connectivity index (χ3n) is 4.74. The van der Waals surface area contributed by atoms with Crippen LogP contribution in [0.1, 0.15) is 47.0 Å². The van der Waals surface area contributed by atoms with E-state index < -0.39 is 6.04 Å². The first-order valence-electron chi connectivity index (χ1n) is 6.23. The molecule has 92 valence electrons. The highest BCUT2D eigenvalue weighted by Crippen LogP contribution is 2.63. The normalized spacial score (nSPS) is 42.1. The first-order chi connectivity index (χ1) is 7.27. The fourth-order valence-corrected chi connectivity index (χ4v) is 3.77. The van der Waals surface area contributed by atoms with Gasteiger partial charge in [-0.1, -0.05) is 20.8 Å². The third kappa shape index (κ3) is 1.56. The van der Waals surface area contributed by atoms with Crippen molar-refractivity contribution in [1.29, 1.82) is 0 Å². The molecule has 0 radical (unpaired) electrons. The van der Waals surface area contributed by atoms with Crippen LogP contribution in [0.15, 0.2) is 0 Å². The number of carbonyl (C=O) groups is 1. The Kier molecular flexibility index (Phi) is 2.57. The highest BCUT2D eigenvalue weighted by atomic mass is 16.5. The first kappa shape index (κ1) is 11.9. The lowest BCUT2D eigenvalue weighted by Crippen LogP contribution is -2.46. The predicted octanol–water partition coefficient (Wildman–Crippen LogP) is 2.09. The first-order valence-corrected chi connectivity index (χ1v) is 6.23. The summed E-state index contributed by atoms with van der Waals surface area (Å²) in [4.78, 5) is 11.7. The highest BCUT2D eigenvalue weighted by Gasteiger charge is 2.61. The standard InChI is InChI=1S/C13H23NO2/c1-8(14)10(15)16-11-12(2,3)9-5-6-13(11,4)7-9/h8-9,11H,5-7,14H2,1-4H3/t8-,9?,11?,13?/m0/s1. The van der Waals surface area contributed by atoms with Crippen LogP contribution < -0.4 is 5.73 Å². The summed E-state index contributed by atoms with van der Waals surface area (Å²) in [5.41, 5.74) is 5.86. The van der Waals surface area contributed by atoms with E-state index in [1.807, 2.05) is 0 Å². The van der Waals surface area contributed by atoms with Gasteiger partial charge in [-0.05, 0) is 32.1 Å². The van der Waals surface area contributed by atoms with E-state index in [2.05, 4.69) is 20.8 Å². The molecule has 3 heteroatoms. The quantitative estimate of drug-likeness (QED) is 0.732. The smallest absolute Gasteiger partial charge is 0.322 e. The van der Waals surface area contributed by atoms with Crippen LogP contribution in [0.3, 0.4) is 0 Å². The summed E-state index contributed by atoms with van der Waals surface area (Å²) in [6.07, 6.45) is 3.68. The number of rotatable bonds is 2. The van der Waals surface area contributed by atoms with Crippen LogP contribution in [0.2, 0.25) is 0 Å². The average Bonchev–Trinajstić information content (AvgIpc) is 2.63. The molecular weight excluding hydrogens is 202 g/mol. The van der Waals surface area contributed by atoms with Gasteiger partial charge in [0, 0.05) is 10.8 Å². The summed E-state index contributed by atoms with van der Waals surface area (Å²) < 4.78 is 5.66. The van der Waals surface area contributed by atoms with Crippen molar-refractivity contribution in [3.63, 3.8) is 0 Å². The van der Waals surface area contributed by atoms with E-state index >= 15 is 0 Å². The molecule has 3 unspecified atom stereocenters. The Morgan fingerprint density at radius 2 is 2.06 bits per heavy atom. The van der Waals surface area contributed by atoms with Crippen molar-refractivity contribution in [3.05, 3.63) is 0 Å². The number of fused-ring (bicyclic) bond motifs is 2. The zero-order valence-corrected chi connectivity index (χ0v) is 10.7. The van der Waals surface area contributed by atoms with Gasteiger partial charge in [0.25, 0.3) is 0 Å². The van der Waals surface area contributed by atoms with Crippen molar-refractivity contribution in [2.24, 2.45) is 22.5 Å². The largest absolute Gasteiger partial charge is 0.460 e. The van der Waals surface area contributed by atoms with Gasteiger partial charge in [-0.25, -0.2) is 0 Å². The molecule has 0 amide bonds. The second-order valence-corrected chi connectivity index (χ2v) is 6.52. The van der Waals surface area contributed by atoms with Gasteiger partial charge in [0.2, 0.25) is 0 Å². The van der Waals surface area contributed by atoms with E-state index in [0.717, 1.165) is 0 Å². The Hall–Kier alpha value is -0.570. The van der Waals surface area contributed by atoms with Gasteiger partial charge in [0.1, 0.15) is 12.1 Å². The molecule has 4 atom stereocenters. The van der Waals surface area contributed by atoms with Crippen LogP contribution in [-0.4, -0.2) is 18.1 Å². The topological polar surface area (TPSA) is 52.3 Å². The average molecular weight is 225 g/mol. The van der Waals surface area contributed by atoms with E-state index in [4.69, 9.17) is 10.5 Å². The molecule has 0 aromatic carbocycles. The number of carbonyl (C=O) groups excluding carboxylic acids is 1. The van der Waals surface area contributed by atoms with E-state index in [9.17, 15) is 4.79 Å². The van der Waals surface area contributed by atoms with Crippen molar-refractivity contribution in [2.75, 3.05) is 0 Å². The second kappa shape index (κ2) is 3.46. The number of esters is 1. The van der Waals surface area contributed by atoms with E-state index in [1.54, 1.807) is 6.92 Å². The van der Waals surface area contributed by atoms with Gasteiger partial charge >= 0.3 is 5.97 Å². The zero-order chi connectivity index (χ0) is 12.1. The van der Waals surface area contributed by atoms with Crippen LogP contribution in [0, 0.1) is 16.7 Å². The number of hydrogen-bond acceptors (Lipinski definition) is 3. The minimum absolute atomic E-state index is 0.0391. The Morgan fingerprint density at radius 3 is 2.50 bits per heavy atom. The van der Waals surface area contributed by atoms with Crippen LogP contribution in [-0.2, 0) is 9.53 Å². The second-order valence-electron chi connectivity index (χ2n) is 6.52. The van der Waals surface area contributed by atoms with Crippen molar-refractivity contribution in [3.8, 4) is 0 Å². The van der Waals surface area contributed by atoms with Crippen LogP contribution in [0.25, 0.3) is 0 Å². The number of hydrogen-bond donors (Lipinski definition) is 1. The molecule has 2 aliphatic rings. The maximum Gasteiger partial charge on any atom is 0.322 e. The van der Waals surface area contributed by atoms with Gasteiger partial charge in [-0.3, -0.25) is 4.79 Å². The highest BCUT2D eigenvalue weighted by molar-refractivity contribution is 5.75. The van der Waals surface area contributed by atoms with Crippen LogP contribution >= 0.6 is 0 Å². The van der Waals surface area contributed by atoms with E-state index in [1.165, 1.54) is 19.3 Å². The van der Waals surface area contributed by atoms with Gasteiger partial charge in [0.15, 0.2) is 0 Å². The maximum atomic E-state index is 11.7. The van der Waals surface area contributed by atoms with Crippen molar-refractivity contribution in [2.45, 2.75) is 59.1 Å². The lowest BCUT2D eigenvalue weighted by atomic mass is 9.70. The fourth-order valence-electron chi connectivity index (χ4n) is 3.77. The van der Waals surface area contributed by atoms with Crippen molar-refractivity contribution < 1.29 is 9.53 Å². The van der Waals surface area contributed by atoms with Crippen molar-refractivity contribution >= 4 is 5.97 Å². The van der Waals surface area contributed by atoms with E-state index in [0.29, 0.717) is 5.92 Å². The summed E-state index contributed by atoms with van der Waals surface area (Å²) in [6, 6.07) is -0.515. The Balaban J connectivity index is 2.17. The molecule has 0 saturated heterocycles. The zero-order valence-electron chi connectivity index (χ0n) is 10.7. The summed E-state index contributed by atoms with van der Waals surface area (Å²) in [7, 11) is 0. The monoisotopic (exact) mass is 225 g/mol. The Labute approximate surface area is 97.7 Å². The number of ether oxygens (including phenoxy) is 1. The maximum absolute atomic E-state index is 11.7. The molecule has 0 aromatic heterocycles. The lowest BCUT2D eigenvalue weighted by molar-refractivity contribution is -0.165. The minimum Gasteiger partial charge on any atom is -0.460 e. The molecule has 2 rings (SSSR count). The molecule has 2 aliphatic carbocycles. The molecule has 2 bridgehead atoms. The van der Waals surface area contributed by atoms with E-state index in [-0.39, 0.29) is 22.9 Å². The summed E-state index contributed by atoms with van der Waals surface area (Å²) in [6.45, 7) is 8.38. The Bertz CT molecular complexity index is 306. The molecule has 0 aromatic rings. The summed E-state index contributed by atoms with van der Waals surface area (Å²) in [5.74, 6) is 0.440. The molecular formula is C13H23NO2. The van der Waals surface area contributed by atoms with Gasteiger partial charge in [-0.2, -0.15) is 0 Å². The molecule has 0 heterocycles. The molecule has 16 heavy (non-hydrogen) atoms. The Morgan fingerprint density at radius 1 is 1.44 bits per heavy atom. The van der Waals surface area contributed by atoms with Gasteiger partial charge < -0.3 is 10.5 Å². The lowest BCUT2D eigenvalue weighted by Gasteiger charge is -2.41. The molecule has 2 saturated carbocycles. The van der Waals surface area contributed by atoms with Crippen LogP contribution in [0.4, 0.5) is 0 Å². The van der Waals surface area contributed by atoms with Gasteiger partial charge in [-0.15, -0.1) is 0 Å². The molecule has 2 N–H and O–H groups in total. The molecule has 2 fully saturated rings. The third-order valence-corrected chi connectivity index (χ3v) is 4.74. The predicted molar refractivity (Wildman–Crippen MR) is 62.8 cm³/mol. The minimum atomic E-state index is -0.515. The molecule has 0 spiro atoms. The molecule has 3 nitrogen and oxygen atoms in total. The SMILES string of the molecule is C[C@H](N)C(=O)OC1C2(C)CCC(C2)C1(C)C. The van der Waals surface area contributed by atoms with Gasteiger partial charge in [0.05, 0.1) is 0 Å². The summed E-state index contributed by atoms with van der Waals surface area (Å²) in [5, 5.41) is 0. The van der Waals surface area contributed by atoms with Crippen molar-refractivity contribution in [1.82, 2.24) is 0 Å². The fraction of sp³-hybridized carbons (Fsp3) is 0.923. The molecule has 0 aliphatic heterocycles. The number of nitrogens with two attached hydrogens (primary N) is 1. The summed E-state index contributed by atoms with van der Waals surface area (Å²) >= 11 is 0.